The van der Waals surface area contributed by atoms with Crippen molar-refractivity contribution >= 4 is 5.78 Å². The number of carbonyl (C=O) groups is 1. The molecule has 8 atom stereocenters. The van der Waals surface area contributed by atoms with E-state index in [-0.39, 0.29) is 5.78 Å². The SMILES string of the molecule is CCCCC[C@@H]1CC(=O)[C@@H](C2OC(CO)C(O)C(O)C2O)C[C@H]1CCCC. The number of carbonyl (C=O) groups excluding carboxylic acids is 1. The fraction of sp³-hybridized carbons (Fsp3) is 0.952. The minimum atomic E-state index is -1.41. The first-order valence-corrected chi connectivity index (χ1v) is 10.8. The van der Waals surface area contributed by atoms with E-state index in [1.165, 1.54) is 6.42 Å². The van der Waals surface area contributed by atoms with Gasteiger partial charge in [-0.25, -0.2) is 0 Å². The zero-order chi connectivity index (χ0) is 20.0. The predicted octanol–water partition coefficient (Wildman–Crippen LogP) is 1.81. The van der Waals surface area contributed by atoms with Crippen molar-refractivity contribution in [3.8, 4) is 0 Å². The van der Waals surface area contributed by atoms with Crippen LogP contribution in [0.2, 0.25) is 0 Å². The Bertz CT molecular complexity index is 454. The van der Waals surface area contributed by atoms with E-state index in [0.29, 0.717) is 24.7 Å². The monoisotopic (exact) mass is 386 g/mol. The van der Waals surface area contributed by atoms with Crippen molar-refractivity contribution < 1.29 is 30.0 Å². The van der Waals surface area contributed by atoms with Crippen LogP contribution in [0.5, 0.6) is 0 Å². The van der Waals surface area contributed by atoms with Gasteiger partial charge in [-0.1, -0.05) is 52.4 Å². The van der Waals surface area contributed by atoms with Crippen LogP contribution in [0.1, 0.15) is 71.6 Å². The molecule has 2 aliphatic rings. The third-order valence-electron chi connectivity index (χ3n) is 6.53. The van der Waals surface area contributed by atoms with E-state index in [1.807, 2.05) is 0 Å². The highest BCUT2D eigenvalue weighted by Crippen LogP contribution is 2.41. The first kappa shape index (κ1) is 22.8. The maximum Gasteiger partial charge on any atom is 0.138 e. The van der Waals surface area contributed by atoms with Gasteiger partial charge >= 0.3 is 0 Å². The fourth-order valence-corrected chi connectivity index (χ4v) is 4.82. The van der Waals surface area contributed by atoms with Crippen molar-refractivity contribution in [1.29, 1.82) is 0 Å². The molecule has 1 saturated carbocycles. The summed E-state index contributed by atoms with van der Waals surface area (Å²) in [5.41, 5.74) is 0. The van der Waals surface area contributed by atoms with Crippen molar-refractivity contribution in [3.05, 3.63) is 0 Å². The van der Waals surface area contributed by atoms with E-state index in [1.54, 1.807) is 0 Å². The van der Waals surface area contributed by atoms with Crippen LogP contribution in [0.4, 0.5) is 0 Å². The molecule has 6 heteroatoms. The number of hydrogen-bond acceptors (Lipinski definition) is 6. The molecule has 1 aliphatic heterocycles. The molecular weight excluding hydrogens is 348 g/mol. The number of Topliss-reactive ketones (excluding diaryl/α,β-unsaturated/α-hetero) is 1. The van der Waals surface area contributed by atoms with E-state index in [4.69, 9.17) is 4.74 Å². The Morgan fingerprint density at radius 1 is 0.926 bits per heavy atom. The molecule has 0 bridgehead atoms. The summed E-state index contributed by atoms with van der Waals surface area (Å²) in [5, 5.41) is 39.9. The highest BCUT2D eigenvalue weighted by molar-refractivity contribution is 5.82. The molecule has 1 aliphatic carbocycles. The number of aliphatic hydroxyl groups is 4. The lowest BCUT2D eigenvalue weighted by molar-refractivity contribution is -0.242. The maximum absolute atomic E-state index is 12.9. The second kappa shape index (κ2) is 10.9. The van der Waals surface area contributed by atoms with Crippen LogP contribution in [0.3, 0.4) is 0 Å². The molecule has 4 N–H and O–H groups in total. The molecule has 0 spiro atoms. The van der Waals surface area contributed by atoms with E-state index in [9.17, 15) is 25.2 Å². The second-order valence-electron chi connectivity index (χ2n) is 8.46. The maximum atomic E-state index is 12.9. The summed E-state index contributed by atoms with van der Waals surface area (Å²) in [6.45, 7) is 3.88. The van der Waals surface area contributed by atoms with Gasteiger partial charge in [0.05, 0.1) is 12.7 Å². The Labute approximate surface area is 162 Å². The lowest BCUT2D eigenvalue weighted by Gasteiger charge is -2.46. The van der Waals surface area contributed by atoms with Gasteiger partial charge in [0.15, 0.2) is 0 Å². The Kier molecular flexibility index (Phi) is 9.16. The number of rotatable bonds is 9. The van der Waals surface area contributed by atoms with Gasteiger partial charge in [-0.3, -0.25) is 4.79 Å². The highest BCUT2D eigenvalue weighted by Gasteiger charge is 2.50. The molecule has 6 nitrogen and oxygen atoms in total. The Morgan fingerprint density at radius 3 is 2.22 bits per heavy atom. The average Bonchev–Trinajstić information content (AvgIpc) is 2.66. The van der Waals surface area contributed by atoms with Crippen molar-refractivity contribution in [3.63, 3.8) is 0 Å². The molecule has 2 fully saturated rings. The molecule has 0 amide bonds. The normalized spacial score (nSPS) is 40.3. The summed E-state index contributed by atoms with van der Waals surface area (Å²) in [7, 11) is 0. The van der Waals surface area contributed by atoms with Crippen LogP contribution in [-0.2, 0) is 9.53 Å². The summed E-state index contributed by atoms with van der Waals surface area (Å²) in [4.78, 5) is 12.9. The van der Waals surface area contributed by atoms with E-state index in [0.717, 1.165) is 38.5 Å². The predicted molar refractivity (Wildman–Crippen MR) is 102 cm³/mol. The molecule has 0 aromatic rings. The summed E-state index contributed by atoms with van der Waals surface area (Å²) in [6.07, 6.45) is 3.06. The smallest absolute Gasteiger partial charge is 0.138 e. The summed E-state index contributed by atoms with van der Waals surface area (Å²) >= 11 is 0. The number of ketones is 1. The minimum absolute atomic E-state index is 0.0774. The van der Waals surface area contributed by atoms with Crippen LogP contribution in [-0.4, -0.2) is 63.3 Å². The average molecular weight is 387 g/mol. The van der Waals surface area contributed by atoms with E-state index in [2.05, 4.69) is 13.8 Å². The van der Waals surface area contributed by atoms with Crippen LogP contribution in [0.15, 0.2) is 0 Å². The van der Waals surface area contributed by atoms with E-state index >= 15 is 0 Å². The molecule has 0 radical (unpaired) electrons. The molecular formula is C21H38O6. The van der Waals surface area contributed by atoms with Crippen LogP contribution < -0.4 is 0 Å². The summed E-state index contributed by atoms with van der Waals surface area (Å²) in [5.74, 6) is 0.391. The van der Waals surface area contributed by atoms with Crippen LogP contribution in [0.25, 0.3) is 0 Å². The van der Waals surface area contributed by atoms with Crippen LogP contribution >= 0.6 is 0 Å². The molecule has 1 saturated heterocycles. The first-order valence-electron chi connectivity index (χ1n) is 10.8. The van der Waals surface area contributed by atoms with Gasteiger partial charge < -0.3 is 25.2 Å². The van der Waals surface area contributed by atoms with Gasteiger partial charge in [0.25, 0.3) is 0 Å². The summed E-state index contributed by atoms with van der Waals surface area (Å²) in [6, 6.07) is 0. The summed E-state index contributed by atoms with van der Waals surface area (Å²) < 4.78 is 5.70. The zero-order valence-electron chi connectivity index (χ0n) is 16.8. The third kappa shape index (κ3) is 5.51. The van der Waals surface area contributed by atoms with Gasteiger partial charge in [0.2, 0.25) is 0 Å². The van der Waals surface area contributed by atoms with Gasteiger partial charge in [0, 0.05) is 12.3 Å². The molecule has 0 aromatic heterocycles. The fourth-order valence-electron chi connectivity index (χ4n) is 4.82. The minimum Gasteiger partial charge on any atom is -0.394 e. The van der Waals surface area contributed by atoms with Crippen molar-refractivity contribution in [2.24, 2.45) is 17.8 Å². The number of ether oxygens (including phenoxy) is 1. The van der Waals surface area contributed by atoms with Crippen LogP contribution in [0, 0.1) is 17.8 Å². The van der Waals surface area contributed by atoms with Crippen molar-refractivity contribution in [2.45, 2.75) is 102 Å². The number of unbranched alkanes of at least 4 members (excludes halogenated alkanes) is 3. The topological polar surface area (TPSA) is 107 Å². The lowest BCUT2D eigenvalue weighted by Crippen LogP contribution is -2.61. The quantitative estimate of drug-likeness (QED) is 0.450. The third-order valence-corrected chi connectivity index (χ3v) is 6.53. The largest absolute Gasteiger partial charge is 0.394 e. The number of aliphatic hydroxyl groups excluding tert-OH is 4. The lowest BCUT2D eigenvalue weighted by atomic mass is 9.67. The molecule has 158 valence electrons. The Morgan fingerprint density at radius 2 is 1.59 bits per heavy atom. The molecule has 0 aromatic carbocycles. The highest BCUT2D eigenvalue weighted by atomic mass is 16.5. The molecule has 2 rings (SSSR count). The first-order chi connectivity index (χ1) is 12.9. The van der Waals surface area contributed by atoms with E-state index < -0.39 is 43.0 Å². The number of hydrogen-bond donors (Lipinski definition) is 4. The van der Waals surface area contributed by atoms with Gasteiger partial charge in [-0.15, -0.1) is 0 Å². The van der Waals surface area contributed by atoms with Gasteiger partial charge in [-0.05, 0) is 24.7 Å². The molecule has 1 heterocycles. The van der Waals surface area contributed by atoms with Gasteiger partial charge in [-0.2, -0.15) is 0 Å². The Hall–Kier alpha value is -0.530. The van der Waals surface area contributed by atoms with Crippen molar-refractivity contribution in [1.82, 2.24) is 0 Å². The zero-order valence-corrected chi connectivity index (χ0v) is 16.8. The van der Waals surface area contributed by atoms with Gasteiger partial charge in [0.1, 0.15) is 30.2 Å². The molecule has 5 unspecified atom stereocenters. The van der Waals surface area contributed by atoms with Crippen molar-refractivity contribution in [2.75, 3.05) is 6.61 Å². The second-order valence-corrected chi connectivity index (χ2v) is 8.46. The molecule has 27 heavy (non-hydrogen) atoms. The Balaban J connectivity index is 2.10. The standard InChI is InChI=1S/C21H38O6/c1-3-5-7-9-14-11-16(23)15(10-13(14)8-6-4-2)21-20(26)19(25)18(24)17(12-22)27-21/h13-15,17-22,24-26H,3-12H2,1-2H3/t13-,14-,15+,17?,18?,19?,20?,21?/m1/s1.